The number of hydrogen-bond acceptors (Lipinski definition) is 1. The lowest BCUT2D eigenvalue weighted by molar-refractivity contribution is -0.116. The highest BCUT2D eigenvalue weighted by Gasteiger charge is 2.03. The maximum Gasteiger partial charge on any atom is 0.243 e. The van der Waals surface area contributed by atoms with Gasteiger partial charge in [-0.2, -0.15) is 0 Å². The van der Waals surface area contributed by atoms with E-state index < -0.39 is 0 Å². The quantitative estimate of drug-likeness (QED) is 0.828. The molecular formula is C17H17NO. The molecule has 2 heteroatoms. The molecule has 0 atom stereocenters. The van der Waals surface area contributed by atoms with Crippen LogP contribution in [0.25, 0.3) is 11.1 Å². The molecule has 0 spiro atoms. The SMILES string of the molecule is C=CC(=O)NCc1ccc(-c2ccccc2)c(C)c1. The Morgan fingerprint density at radius 1 is 1.21 bits per heavy atom. The molecule has 0 heterocycles. The van der Waals surface area contributed by atoms with Crippen molar-refractivity contribution in [2.24, 2.45) is 0 Å². The Labute approximate surface area is 113 Å². The summed E-state index contributed by atoms with van der Waals surface area (Å²) in [6.07, 6.45) is 1.28. The van der Waals surface area contributed by atoms with Crippen LogP contribution in [0.2, 0.25) is 0 Å². The molecule has 1 amide bonds. The molecule has 0 aliphatic carbocycles. The molecule has 0 bridgehead atoms. The fraction of sp³-hybridized carbons (Fsp3) is 0.118. The fourth-order valence-electron chi connectivity index (χ4n) is 2.04. The first-order valence-electron chi connectivity index (χ1n) is 6.26. The van der Waals surface area contributed by atoms with E-state index in [0.717, 1.165) is 5.56 Å². The van der Waals surface area contributed by atoms with Crippen LogP contribution in [0.5, 0.6) is 0 Å². The Morgan fingerprint density at radius 2 is 1.95 bits per heavy atom. The van der Waals surface area contributed by atoms with Crippen molar-refractivity contribution in [2.45, 2.75) is 13.5 Å². The van der Waals surface area contributed by atoms with E-state index in [1.165, 1.54) is 22.8 Å². The van der Waals surface area contributed by atoms with Gasteiger partial charge in [-0.3, -0.25) is 4.79 Å². The Morgan fingerprint density at radius 3 is 2.58 bits per heavy atom. The van der Waals surface area contributed by atoms with Crippen LogP contribution in [-0.2, 0) is 11.3 Å². The third-order valence-corrected chi connectivity index (χ3v) is 3.03. The molecule has 0 saturated carbocycles. The largest absolute Gasteiger partial charge is 0.348 e. The maximum atomic E-state index is 11.1. The first kappa shape index (κ1) is 13.1. The first-order valence-corrected chi connectivity index (χ1v) is 6.26. The smallest absolute Gasteiger partial charge is 0.243 e. The van der Waals surface area contributed by atoms with Crippen molar-refractivity contribution < 1.29 is 4.79 Å². The summed E-state index contributed by atoms with van der Waals surface area (Å²) in [6, 6.07) is 16.5. The highest BCUT2D eigenvalue weighted by Crippen LogP contribution is 2.23. The molecule has 0 aliphatic heterocycles. The average Bonchev–Trinajstić information content (AvgIpc) is 2.45. The second-order valence-electron chi connectivity index (χ2n) is 4.44. The molecule has 2 rings (SSSR count). The topological polar surface area (TPSA) is 29.1 Å². The predicted molar refractivity (Wildman–Crippen MR) is 78.7 cm³/mol. The van der Waals surface area contributed by atoms with E-state index in [2.05, 4.69) is 43.1 Å². The normalized spacial score (nSPS) is 9.95. The molecule has 0 saturated heterocycles. The van der Waals surface area contributed by atoms with Gasteiger partial charge in [0.1, 0.15) is 0 Å². The third-order valence-electron chi connectivity index (χ3n) is 3.03. The lowest BCUT2D eigenvalue weighted by Crippen LogP contribution is -2.19. The number of benzene rings is 2. The van der Waals surface area contributed by atoms with Crippen LogP contribution < -0.4 is 5.32 Å². The van der Waals surface area contributed by atoms with E-state index >= 15 is 0 Å². The number of rotatable bonds is 4. The highest BCUT2D eigenvalue weighted by molar-refractivity contribution is 5.86. The first-order chi connectivity index (χ1) is 9.20. The molecule has 19 heavy (non-hydrogen) atoms. The zero-order valence-corrected chi connectivity index (χ0v) is 11.0. The van der Waals surface area contributed by atoms with Gasteiger partial charge in [-0.05, 0) is 35.3 Å². The van der Waals surface area contributed by atoms with Crippen molar-refractivity contribution in [1.82, 2.24) is 5.32 Å². The monoisotopic (exact) mass is 251 g/mol. The van der Waals surface area contributed by atoms with Crippen molar-refractivity contribution in [3.05, 3.63) is 72.3 Å². The zero-order valence-electron chi connectivity index (χ0n) is 11.0. The minimum absolute atomic E-state index is 0.148. The van der Waals surface area contributed by atoms with Gasteiger partial charge in [-0.15, -0.1) is 0 Å². The van der Waals surface area contributed by atoms with Gasteiger partial charge in [0.05, 0.1) is 0 Å². The summed E-state index contributed by atoms with van der Waals surface area (Å²) in [5.74, 6) is -0.148. The van der Waals surface area contributed by atoms with E-state index in [0.29, 0.717) is 6.54 Å². The van der Waals surface area contributed by atoms with Crippen molar-refractivity contribution in [3.63, 3.8) is 0 Å². The Balaban J connectivity index is 2.18. The molecule has 2 aromatic carbocycles. The van der Waals surface area contributed by atoms with Crippen molar-refractivity contribution in [2.75, 3.05) is 0 Å². The second-order valence-corrected chi connectivity index (χ2v) is 4.44. The van der Waals surface area contributed by atoms with Gasteiger partial charge in [-0.1, -0.05) is 55.1 Å². The summed E-state index contributed by atoms with van der Waals surface area (Å²) in [6.45, 7) is 6.05. The number of aryl methyl sites for hydroxylation is 1. The number of carbonyl (C=O) groups is 1. The van der Waals surface area contributed by atoms with Crippen LogP contribution in [-0.4, -0.2) is 5.91 Å². The van der Waals surface area contributed by atoms with Crippen LogP contribution in [0.3, 0.4) is 0 Å². The van der Waals surface area contributed by atoms with E-state index in [4.69, 9.17) is 0 Å². The van der Waals surface area contributed by atoms with Crippen molar-refractivity contribution >= 4 is 5.91 Å². The Kier molecular flexibility index (Phi) is 4.14. The van der Waals surface area contributed by atoms with Crippen LogP contribution >= 0.6 is 0 Å². The molecular weight excluding hydrogens is 234 g/mol. The van der Waals surface area contributed by atoms with Gasteiger partial charge in [0.2, 0.25) is 5.91 Å². The van der Waals surface area contributed by atoms with E-state index in [9.17, 15) is 4.79 Å². The second kappa shape index (κ2) is 6.01. The summed E-state index contributed by atoms with van der Waals surface area (Å²) < 4.78 is 0. The Bertz CT molecular complexity index is 587. The molecule has 2 aromatic rings. The van der Waals surface area contributed by atoms with Crippen LogP contribution in [0.15, 0.2) is 61.2 Å². The molecule has 0 aliphatic rings. The fourth-order valence-corrected chi connectivity index (χ4v) is 2.04. The third kappa shape index (κ3) is 3.32. The Hall–Kier alpha value is -2.35. The van der Waals surface area contributed by atoms with Gasteiger partial charge < -0.3 is 5.32 Å². The van der Waals surface area contributed by atoms with E-state index in [-0.39, 0.29) is 5.91 Å². The van der Waals surface area contributed by atoms with E-state index in [1.54, 1.807) is 0 Å². The minimum atomic E-state index is -0.148. The van der Waals surface area contributed by atoms with Gasteiger partial charge in [-0.25, -0.2) is 0 Å². The number of carbonyl (C=O) groups excluding carboxylic acids is 1. The number of nitrogens with one attached hydrogen (secondary N) is 1. The van der Waals surface area contributed by atoms with Gasteiger partial charge in [0.25, 0.3) is 0 Å². The van der Waals surface area contributed by atoms with Crippen LogP contribution in [0.1, 0.15) is 11.1 Å². The van der Waals surface area contributed by atoms with Crippen molar-refractivity contribution in [1.29, 1.82) is 0 Å². The standard InChI is InChI=1S/C17H17NO/c1-3-17(19)18-12-14-9-10-16(13(2)11-14)15-7-5-4-6-8-15/h3-11H,1,12H2,2H3,(H,18,19). The predicted octanol–water partition coefficient (Wildman–Crippen LogP) is 3.46. The van der Waals surface area contributed by atoms with Gasteiger partial charge in [0, 0.05) is 6.54 Å². The average molecular weight is 251 g/mol. The van der Waals surface area contributed by atoms with Gasteiger partial charge in [0.15, 0.2) is 0 Å². The lowest BCUT2D eigenvalue weighted by atomic mass is 9.98. The highest BCUT2D eigenvalue weighted by atomic mass is 16.1. The zero-order chi connectivity index (χ0) is 13.7. The van der Waals surface area contributed by atoms with Crippen LogP contribution in [0, 0.1) is 6.92 Å². The number of amides is 1. The summed E-state index contributed by atoms with van der Waals surface area (Å²) in [4.78, 5) is 11.1. The molecule has 1 N–H and O–H groups in total. The summed E-state index contributed by atoms with van der Waals surface area (Å²) in [5, 5.41) is 2.78. The lowest BCUT2D eigenvalue weighted by Gasteiger charge is -2.09. The molecule has 0 aromatic heterocycles. The van der Waals surface area contributed by atoms with Gasteiger partial charge >= 0.3 is 0 Å². The maximum absolute atomic E-state index is 11.1. The minimum Gasteiger partial charge on any atom is -0.348 e. The summed E-state index contributed by atoms with van der Waals surface area (Å²) in [5.41, 5.74) is 4.73. The van der Waals surface area contributed by atoms with Crippen LogP contribution in [0.4, 0.5) is 0 Å². The molecule has 0 unspecified atom stereocenters. The molecule has 2 nitrogen and oxygen atoms in total. The molecule has 0 radical (unpaired) electrons. The molecule has 96 valence electrons. The summed E-state index contributed by atoms with van der Waals surface area (Å²) >= 11 is 0. The summed E-state index contributed by atoms with van der Waals surface area (Å²) in [7, 11) is 0. The molecule has 0 fully saturated rings. The van der Waals surface area contributed by atoms with Crippen molar-refractivity contribution in [3.8, 4) is 11.1 Å². The van der Waals surface area contributed by atoms with E-state index in [1.807, 2.05) is 24.3 Å². The number of hydrogen-bond donors (Lipinski definition) is 1.